The largest absolute Gasteiger partial charge is 0.388 e. The van der Waals surface area contributed by atoms with Crippen molar-refractivity contribution in [3.05, 3.63) is 58.2 Å². The van der Waals surface area contributed by atoms with Crippen molar-refractivity contribution in [3.63, 3.8) is 0 Å². The van der Waals surface area contributed by atoms with E-state index in [-0.39, 0.29) is 12.3 Å². The van der Waals surface area contributed by atoms with Crippen molar-refractivity contribution < 1.29 is 9.90 Å². The smallest absolute Gasteiger partial charge is 0.228 e. The van der Waals surface area contributed by atoms with Crippen LogP contribution in [0.15, 0.2) is 42.6 Å². The van der Waals surface area contributed by atoms with E-state index in [2.05, 4.69) is 10.3 Å². The molecule has 1 amide bonds. The fourth-order valence-corrected chi connectivity index (χ4v) is 2.23. The quantitative estimate of drug-likeness (QED) is 0.909. The predicted molar refractivity (Wildman–Crippen MR) is 78.9 cm³/mol. The van der Waals surface area contributed by atoms with Gasteiger partial charge >= 0.3 is 0 Å². The van der Waals surface area contributed by atoms with Crippen molar-refractivity contribution in [1.29, 1.82) is 0 Å². The number of rotatable bonds is 4. The minimum atomic E-state index is -0.977. The van der Waals surface area contributed by atoms with Crippen LogP contribution in [-0.4, -0.2) is 16.0 Å². The van der Waals surface area contributed by atoms with E-state index in [9.17, 15) is 9.90 Å². The molecule has 0 bridgehead atoms. The number of aromatic nitrogens is 1. The first kappa shape index (κ1) is 14.8. The zero-order chi connectivity index (χ0) is 14.5. The molecule has 0 aliphatic rings. The maximum absolute atomic E-state index is 11.8. The molecule has 0 saturated heterocycles. The molecule has 0 fully saturated rings. The summed E-state index contributed by atoms with van der Waals surface area (Å²) >= 11 is 11.7. The average Bonchev–Trinajstić information content (AvgIpc) is 2.38. The van der Waals surface area contributed by atoms with Crippen LogP contribution in [0, 0.1) is 0 Å². The van der Waals surface area contributed by atoms with E-state index >= 15 is 0 Å². The molecule has 1 aromatic heterocycles. The molecule has 104 valence electrons. The monoisotopic (exact) mass is 310 g/mol. The summed E-state index contributed by atoms with van der Waals surface area (Å²) in [4.78, 5) is 15.8. The molecule has 0 radical (unpaired) electrons. The molecule has 1 heterocycles. The van der Waals surface area contributed by atoms with Gasteiger partial charge in [0.15, 0.2) is 0 Å². The van der Waals surface area contributed by atoms with E-state index in [0.717, 1.165) is 0 Å². The lowest BCUT2D eigenvalue weighted by Crippen LogP contribution is -2.16. The van der Waals surface area contributed by atoms with Crippen molar-refractivity contribution in [3.8, 4) is 0 Å². The highest BCUT2D eigenvalue weighted by atomic mass is 35.5. The molecular weight excluding hydrogens is 299 g/mol. The number of halogens is 2. The Kier molecular flexibility index (Phi) is 4.95. The van der Waals surface area contributed by atoms with Crippen molar-refractivity contribution in [2.24, 2.45) is 0 Å². The summed E-state index contributed by atoms with van der Waals surface area (Å²) in [5.41, 5.74) is 0.499. The van der Waals surface area contributed by atoms with Gasteiger partial charge in [0.1, 0.15) is 5.82 Å². The second-order valence-corrected chi connectivity index (χ2v) is 5.06. The molecule has 0 aliphatic heterocycles. The zero-order valence-corrected chi connectivity index (χ0v) is 11.9. The van der Waals surface area contributed by atoms with Crippen LogP contribution < -0.4 is 5.32 Å². The number of carbonyl (C=O) groups excluding carboxylic acids is 1. The highest BCUT2D eigenvalue weighted by Gasteiger charge is 2.14. The number of nitrogens with one attached hydrogen (secondary N) is 1. The van der Waals surface area contributed by atoms with Gasteiger partial charge in [-0.2, -0.15) is 0 Å². The first-order valence-electron chi connectivity index (χ1n) is 5.89. The number of benzene rings is 1. The fourth-order valence-electron chi connectivity index (χ4n) is 1.69. The standard InChI is InChI=1S/C14H12Cl2N2O2/c15-10-5-9(6-11(16)7-10)12(19)8-14(20)18-13-3-1-2-4-17-13/h1-7,12,19H,8H2,(H,17,18,20). The van der Waals surface area contributed by atoms with Gasteiger partial charge in [0.25, 0.3) is 0 Å². The van der Waals surface area contributed by atoms with E-state index in [1.165, 1.54) is 0 Å². The third-order valence-electron chi connectivity index (χ3n) is 2.58. The van der Waals surface area contributed by atoms with Crippen molar-refractivity contribution in [2.45, 2.75) is 12.5 Å². The summed E-state index contributed by atoms with van der Waals surface area (Å²) in [5.74, 6) is 0.0983. The maximum atomic E-state index is 11.8. The molecule has 2 rings (SSSR count). The number of aliphatic hydroxyl groups is 1. The van der Waals surface area contributed by atoms with Crippen LogP contribution in [-0.2, 0) is 4.79 Å². The molecule has 1 aromatic carbocycles. The number of aliphatic hydroxyl groups excluding tert-OH is 1. The van der Waals surface area contributed by atoms with Crippen molar-refractivity contribution >= 4 is 34.9 Å². The van der Waals surface area contributed by atoms with Gasteiger partial charge in [-0.25, -0.2) is 4.98 Å². The van der Waals surface area contributed by atoms with Gasteiger partial charge in [-0.3, -0.25) is 4.79 Å². The van der Waals surface area contributed by atoms with E-state index in [0.29, 0.717) is 21.4 Å². The van der Waals surface area contributed by atoms with Crippen molar-refractivity contribution in [2.75, 3.05) is 5.32 Å². The van der Waals surface area contributed by atoms with Gasteiger partial charge in [0, 0.05) is 16.2 Å². The lowest BCUT2D eigenvalue weighted by Gasteiger charge is -2.11. The molecule has 1 atom stereocenters. The van der Waals surface area contributed by atoms with Crippen LogP contribution in [0.4, 0.5) is 5.82 Å². The molecule has 1 unspecified atom stereocenters. The molecule has 0 spiro atoms. The first-order chi connectivity index (χ1) is 9.54. The Morgan fingerprint density at radius 1 is 1.25 bits per heavy atom. The van der Waals surface area contributed by atoms with Gasteiger partial charge in [0.2, 0.25) is 5.91 Å². The van der Waals surface area contributed by atoms with E-state index in [4.69, 9.17) is 23.2 Å². The molecular formula is C14H12Cl2N2O2. The Morgan fingerprint density at radius 3 is 2.55 bits per heavy atom. The summed E-state index contributed by atoms with van der Waals surface area (Å²) in [7, 11) is 0. The lowest BCUT2D eigenvalue weighted by molar-refractivity contribution is -0.118. The van der Waals surface area contributed by atoms with E-state index in [1.54, 1.807) is 42.6 Å². The molecule has 0 saturated carbocycles. The number of anilines is 1. The van der Waals surface area contributed by atoms with E-state index < -0.39 is 6.10 Å². The molecule has 0 aliphatic carbocycles. The Labute approximate surface area is 126 Å². The first-order valence-corrected chi connectivity index (χ1v) is 6.65. The highest BCUT2D eigenvalue weighted by molar-refractivity contribution is 6.34. The van der Waals surface area contributed by atoms with Crippen LogP contribution >= 0.6 is 23.2 Å². The number of pyridine rings is 1. The fraction of sp³-hybridized carbons (Fsp3) is 0.143. The summed E-state index contributed by atoms with van der Waals surface area (Å²) in [5, 5.41) is 13.4. The number of carbonyl (C=O) groups is 1. The Hall–Kier alpha value is -1.62. The Balaban J connectivity index is 2.00. The Bertz CT molecular complexity index is 585. The summed E-state index contributed by atoms with van der Waals surface area (Å²) in [6.07, 6.45) is 0.491. The van der Waals surface area contributed by atoms with Gasteiger partial charge in [0.05, 0.1) is 12.5 Å². The summed E-state index contributed by atoms with van der Waals surface area (Å²) in [6, 6.07) is 9.89. The number of amides is 1. The van der Waals surface area contributed by atoms with Gasteiger partial charge < -0.3 is 10.4 Å². The molecule has 20 heavy (non-hydrogen) atoms. The summed E-state index contributed by atoms with van der Waals surface area (Å²) in [6.45, 7) is 0. The zero-order valence-electron chi connectivity index (χ0n) is 10.4. The minimum Gasteiger partial charge on any atom is -0.388 e. The SMILES string of the molecule is O=C(CC(O)c1cc(Cl)cc(Cl)c1)Nc1ccccn1. The van der Waals surface area contributed by atoms with Crippen LogP contribution in [0.25, 0.3) is 0 Å². The topological polar surface area (TPSA) is 62.2 Å². The Morgan fingerprint density at radius 2 is 1.95 bits per heavy atom. The van der Waals surface area contributed by atoms with Crippen molar-refractivity contribution in [1.82, 2.24) is 4.98 Å². The second kappa shape index (κ2) is 6.70. The van der Waals surface area contributed by atoms with Crippen LogP contribution in [0.5, 0.6) is 0 Å². The van der Waals surface area contributed by atoms with Crippen LogP contribution in [0.1, 0.15) is 18.1 Å². The molecule has 2 aromatic rings. The third kappa shape index (κ3) is 4.20. The number of hydrogen-bond donors (Lipinski definition) is 2. The van der Waals surface area contributed by atoms with Crippen LogP contribution in [0.3, 0.4) is 0 Å². The molecule has 2 N–H and O–H groups in total. The average molecular weight is 311 g/mol. The number of hydrogen-bond acceptors (Lipinski definition) is 3. The normalized spacial score (nSPS) is 11.9. The maximum Gasteiger partial charge on any atom is 0.228 e. The third-order valence-corrected chi connectivity index (χ3v) is 3.02. The molecule has 6 heteroatoms. The minimum absolute atomic E-state index is 0.104. The highest BCUT2D eigenvalue weighted by Crippen LogP contribution is 2.25. The molecule has 4 nitrogen and oxygen atoms in total. The van der Waals surface area contributed by atoms with Gasteiger partial charge in [-0.05, 0) is 35.9 Å². The summed E-state index contributed by atoms with van der Waals surface area (Å²) < 4.78 is 0. The van der Waals surface area contributed by atoms with E-state index in [1.807, 2.05) is 0 Å². The number of nitrogens with zero attached hydrogens (tertiary/aromatic N) is 1. The van der Waals surface area contributed by atoms with Gasteiger partial charge in [-0.1, -0.05) is 29.3 Å². The lowest BCUT2D eigenvalue weighted by atomic mass is 10.1. The van der Waals surface area contributed by atoms with Gasteiger partial charge in [-0.15, -0.1) is 0 Å². The second-order valence-electron chi connectivity index (χ2n) is 4.19. The predicted octanol–water partition coefficient (Wildman–Crippen LogP) is 3.45. The van der Waals surface area contributed by atoms with Crippen LogP contribution in [0.2, 0.25) is 10.0 Å².